The van der Waals surface area contributed by atoms with Gasteiger partial charge < -0.3 is 10.5 Å². The van der Waals surface area contributed by atoms with E-state index >= 15 is 0 Å². The molecule has 0 aromatic carbocycles. The number of hydrogen-bond acceptors (Lipinski definition) is 4. The number of ether oxygens (including phenoxy) is 1. The van der Waals surface area contributed by atoms with Gasteiger partial charge in [-0.05, 0) is 39.7 Å². The largest absolute Gasteiger partial charge is 0.465 e. The first-order chi connectivity index (χ1) is 8.11. The van der Waals surface area contributed by atoms with E-state index in [2.05, 4.69) is 4.90 Å². The molecule has 2 N–H and O–H groups in total. The SMILES string of the molecule is CCOC(=O)C(CC)N1CCCCC1C(C)N. The van der Waals surface area contributed by atoms with Gasteiger partial charge >= 0.3 is 5.97 Å². The fraction of sp³-hybridized carbons (Fsp3) is 0.923. The van der Waals surface area contributed by atoms with Gasteiger partial charge in [-0.25, -0.2) is 0 Å². The highest BCUT2D eigenvalue weighted by Crippen LogP contribution is 2.23. The lowest BCUT2D eigenvalue weighted by molar-refractivity contribution is -0.151. The third-order valence-electron chi connectivity index (χ3n) is 3.54. The van der Waals surface area contributed by atoms with Crippen molar-refractivity contribution in [3.05, 3.63) is 0 Å². The average molecular weight is 242 g/mol. The minimum atomic E-state index is -0.119. The highest BCUT2D eigenvalue weighted by atomic mass is 16.5. The van der Waals surface area contributed by atoms with Crippen LogP contribution in [0.2, 0.25) is 0 Å². The summed E-state index contributed by atoms with van der Waals surface area (Å²) in [6, 6.07) is 0.308. The van der Waals surface area contributed by atoms with Gasteiger partial charge in [0.1, 0.15) is 6.04 Å². The van der Waals surface area contributed by atoms with Crippen LogP contribution in [0.15, 0.2) is 0 Å². The summed E-state index contributed by atoms with van der Waals surface area (Å²) < 4.78 is 5.15. The van der Waals surface area contributed by atoms with Gasteiger partial charge in [0.25, 0.3) is 0 Å². The first-order valence-electron chi connectivity index (χ1n) is 6.79. The maximum absolute atomic E-state index is 11.9. The van der Waals surface area contributed by atoms with E-state index in [-0.39, 0.29) is 18.1 Å². The molecule has 0 saturated carbocycles. The van der Waals surface area contributed by atoms with Crippen LogP contribution >= 0.6 is 0 Å². The predicted molar refractivity (Wildman–Crippen MR) is 68.7 cm³/mol. The molecule has 1 saturated heterocycles. The van der Waals surface area contributed by atoms with Crippen LogP contribution in [-0.2, 0) is 9.53 Å². The van der Waals surface area contributed by atoms with Gasteiger partial charge in [0.2, 0.25) is 0 Å². The van der Waals surface area contributed by atoms with Crippen LogP contribution < -0.4 is 5.73 Å². The molecule has 1 aliphatic heterocycles. The van der Waals surface area contributed by atoms with Gasteiger partial charge in [0.05, 0.1) is 6.61 Å². The number of rotatable bonds is 5. The Balaban J connectivity index is 2.73. The van der Waals surface area contributed by atoms with Crippen molar-refractivity contribution in [3.63, 3.8) is 0 Å². The van der Waals surface area contributed by atoms with Crippen molar-refractivity contribution < 1.29 is 9.53 Å². The normalized spacial score (nSPS) is 25.3. The minimum Gasteiger partial charge on any atom is -0.465 e. The molecule has 100 valence electrons. The molecule has 1 fully saturated rings. The molecule has 1 rings (SSSR count). The van der Waals surface area contributed by atoms with Crippen molar-refractivity contribution in [1.82, 2.24) is 4.90 Å². The minimum absolute atomic E-state index is 0.0949. The Bertz CT molecular complexity index is 244. The van der Waals surface area contributed by atoms with Gasteiger partial charge in [-0.2, -0.15) is 0 Å². The summed E-state index contributed by atoms with van der Waals surface area (Å²) in [5.74, 6) is -0.0949. The molecule has 1 aliphatic rings. The van der Waals surface area contributed by atoms with Crippen molar-refractivity contribution in [1.29, 1.82) is 0 Å². The smallest absolute Gasteiger partial charge is 0.323 e. The molecule has 0 bridgehead atoms. The molecule has 0 amide bonds. The maximum atomic E-state index is 11.9. The second kappa shape index (κ2) is 6.97. The van der Waals surface area contributed by atoms with E-state index in [0.29, 0.717) is 12.6 Å². The van der Waals surface area contributed by atoms with E-state index in [1.54, 1.807) is 0 Å². The number of likely N-dealkylation sites (tertiary alicyclic amines) is 1. The lowest BCUT2D eigenvalue weighted by Gasteiger charge is -2.41. The molecule has 3 unspecified atom stereocenters. The van der Waals surface area contributed by atoms with Gasteiger partial charge in [-0.15, -0.1) is 0 Å². The zero-order valence-corrected chi connectivity index (χ0v) is 11.3. The lowest BCUT2D eigenvalue weighted by Crippen LogP contribution is -2.55. The number of piperidine rings is 1. The molecule has 1 heterocycles. The summed E-state index contributed by atoms with van der Waals surface area (Å²) in [6.07, 6.45) is 4.25. The zero-order valence-electron chi connectivity index (χ0n) is 11.3. The fourth-order valence-corrected chi connectivity index (χ4v) is 2.71. The topological polar surface area (TPSA) is 55.6 Å². The van der Waals surface area contributed by atoms with E-state index in [1.165, 1.54) is 6.42 Å². The van der Waals surface area contributed by atoms with Crippen LogP contribution in [0.3, 0.4) is 0 Å². The Morgan fingerprint density at radius 3 is 2.71 bits per heavy atom. The molecule has 3 atom stereocenters. The predicted octanol–water partition coefficient (Wildman–Crippen LogP) is 1.53. The van der Waals surface area contributed by atoms with Crippen LogP contribution in [0, 0.1) is 0 Å². The molecular weight excluding hydrogens is 216 g/mol. The Labute approximate surface area is 104 Å². The van der Waals surface area contributed by atoms with Gasteiger partial charge in [0.15, 0.2) is 0 Å². The van der Waals surface area contributed by atoms with Crippen LogP contribution in [0.5, 0.6) is 0 Å². The lowest BCUT2D eigenvalue weighted by atomic mass is 9.94. The van der Waals surface area contributed by atoms with Gasteiger partial charge in [-0.3, -0.25) is 9.69 Å². The van der Waals surface area contributed by atoms with E-state index in [9.17, 15) is 4.79 Å². The number of nitrogens with two attached hydrogens (primary N) is 1. The fourth-order valence-electron chi connectivity index (χ4n) is 2.71. The summed E-state index contributed by atoms with van der Waals surface area (Å²) in [4.78, 5) is 14.2. The van der Waals surface area contributed by atoms with E-state index < -0.39 is 0 Å². The highest BCUT2D eigenvalue weighted by molar-refractivity contribution is 5.75. The van der Waals surface area contributed by atoms with Gasteiger partial charge in [0, 0.05) is 12.1 Å². The van der Waals surface area contributed by atoms with Crippen molar-refractivity contribution in [2.45, 2.75) is 64.6 Å². The molecule has 0 aliphatic carbocycles. The van der Waals surface area contributed by atoms with Crippen molar-refractivity contribution >= 4 is 5.97 Å². The average Bonchev–Trinajstić information content (AvgIpc) is 2.31. The van der Waals surface area contributed by atoms with E-state index in [1.807, 2.05) is 20.8 Å². The molecule has 4 heteroatoms. The number of hydrogen-bond donors (Lipinski definition) is 1. The maximum Gasteiger partial charge on any atom is 0.323 e. The summed E-state index contributed by atoms with van der Waals surface area (Å²) >= 11 is 0. The van der Waals surface area contributed by atoms with Crippen LogP contribution in [0.4, 0.5) is 0 Å². The third-order valence-corrected chi connectivity index (χ3v) is 3.54. The second-order valence-electron chi connectivity index (χ2n) is 4.84. The van der Waals surface area contributed by atoms with Crippen molar-refractivity contribution in [3.8, 4) is 0 Å². The third kappa shape index (κ3) is 3.68. The molecule has 0 radical (unpaired) electrons. The van der Waals surface area contributed by atoms with Crippen LogP contribution in [0.1, 0.15) is 46.5 Å². The Hall–Kier alpha value is -0.610. The molecule has 4 nitrogen and oxygen atoms in total. The second-order valence-corrected chi connectivity index (χ2v) is 4.84. The molecule has 0 aromatic heterocycles. The molecular formula is C13H26N2O2. The summed E-state index contributed by atoms with van der Waals surface area (Å²) in [5.41, 5.74) is 6.03. The first-order valence-corrected chi connectivity index (χ1v) is 6.79. The number of nitrogens with zero attached hydrogens (tertiary/aromatic N) is 1. The first kappa shape index (κ1) is 14.5. The van der Waals surface area contributed by atoms with Crippen LogP contribution in [0.25, 0.3) is 0 Å². The highest BCUT2D eigenvalue weighted by Gasteiger charge is 2.34. The number of carbonyl (C=O) groups is 1. The molecule has 17 heavy (non-hydrogen) atoms. The number of carbonyl (C=O) groups excluding carboxylic acids is 1. The van der Waals surface area contributed by atoms with Gasteiger partial charge in [-0.1, -0.05) is 13.3 Å². The molecule has 0 spiro atoms. The van der Waals surface area contributed by atoms with Crippen LogP contribution in [-0.4, -0.2) is 42.1 Å². The van der Waals surface area contributed by atoms with E-state index in [4.69, 9.17) is 10.5 Å². The zero-order chi connectivity index (χ0) is 12.8. The standard InChI is InChI=1S/C13H26N2O2/c1-4-11(13(16)17-5-2)15-9-7-6-8-12(15)10(3)14/h10-12H,4-9,14H2,1-3H3. The summed E-state index contributed by atoms with van der Waals surface area (Å²) in [6.45, 7) is 7.33. The van der Waals surface area contributed by atoms with E-state index in [0.717, 1.165) is 25.8 Å². The quantitative estimate of drug-likeness (QED) is 0.743. The summed E-state index contributed by atoms with van der Waals surface area (Å²) in [7, 11) is 0. The Morgan fingerprint density at radius 2 is 2.18 bits per heavy atom. The Kier molecular flexibility index (Phi) is 5.92. The Morgan fingerprint density at radius 1 is 1.47 bits per heavy atom. The van der Waals surface area contributed by atoms with Crippen molar-refractivity contribution in [2.24, 2.45) is 5.73 Å². The summed E-state index contributed by atoms with van der Waals surface area (Å²) in [5, 5.41) is 0. The monoisotopic (exact) mass is 242 g/mol. The number of esters is 1. The van der Waals surface area contributed by atoms with Crippen molar-refractivity contribution in [2.75, 3.05) is 13.2 Å². The molecule has 0 aromatic rings.